The second kappa shape index (κ2) is 8.40. The second-order valence-electron chi connectivity index (χ2n) is 8.75. The minimum absolute atomic E-state index is 0.0511. The van der Waals surface area contributed by atoms with Crippen molar-refractivity contribution < 1.29 is 26.7 Å². The third-order valence-corrected chi connectivity index (χ3v) is 6.80. The highest BCUT2D eigenvalue weighted by Crippen LogP contribution is 2.40. The maximum Gasteiger partial charge on any atom is 0.393 e. The van der Waals surface area contributed by atoms with Gasteiger partial charge in [-0.3, -0.25) is 4.79 Å². The van der Waals surface area contributed by atoms with E-state index in [9.17, 15) is 26.7 Å². The summed E-state index contributed by atoms with van der Waals surface area (Å²) in [6.45, 7) is -0.436. The number of carbonyl (C=O) groups is 1. The van der Waals surface area contributed by atoms with Gasteiger partial charge in [-0.1, -0.05) is 11.6 Å². The zero-order valence-corrected chi connectivity index (χ0v) is 17.8. The van der Waals surface area contributed by atoms with Crippen LogP contribution >= 0.6 is 11.6 Å². The normalized spacial score (nSPS) is 25.7. The summed E-state index contributed by atoms with van der Waals surface area (Å²) in [6, 6.07) is 0.962. The molecule has 2 fully saturated rings. The van der Waals surface area contributed by atoms with E-state index in [0.29, 0.717) is 24.2 Å². The molecule has 4 rings (SSSR count). The van der Waals surface area contributed by atoms with Crippen LogP contribution in [0.15, 0.2) is 12.3 Å². The van der Waals surface area contributed by atoms with Crippen molar-refractivity contribution in [2.24, 2.45) is 23.5 Å². The molecule has 1 saturated heterocycles. The van der Waals surface area contributed by atoms with E-state index in [2.05, 4.69) is 15.4 Å². The van der Waals surface area contributed by atoms with Gasteiger partial charge in [0.1, 0.15) is 0 Å². The summed E-state index contributed by atoms with van der Waals surface area (Å²) in [5.41, 5.74) is 7.42. The molecule has 3 atom stereocenters. The number of nitrogens with zero attached hydrogens (tertiary/aromatic N) is 3. The number of carbonyl (C=O) groups excluding carboxylic acids is 1. The fourth-order valence-electron chi connectivity index (χ4n) is 4.48. The Bertz CT molecular complexity index is 1000. The Morgan fingerprint density at radius 1 is 1.31 bits per heavy atom. The first-order valence-electron chi connectivity index (χ1n) is 10.5. The maximum atomic E-state index is 13.4. The highest BCUT2D eigenvalue weighted by molar-refractivity contribution is 6.31. The molecular weight excluding hydrogens is 457 g/mol. The summed E-state index contributed by atoms with van der Waals surface area (Å²) in [5, 5.41) is 6.84. The number of nitrogens with two attached hydrogens (primary N) is 1. The van der Waals surface area contributed by atoms with Gasteiger partial charge >= 0.3 is 6.18 Å². The number of fused-ring (bicyclic) bond motifs is 1. The van der Waals surface area contributed by atoms with Crippen LogP contribution in [0.25, 0.3) is 5.65 Å². The van der Waals surface area contributed by atoms with Crippen molar-refractivity contribution in [3.05, 3.63) is 28.7 Å². The van der Waals surface area contributed by atoms with Gasteiger partial charge in [-0.15, -0.1) is 0 Å². The van der Waals surface area contributed by atoms with Crippen molar-refractivity contribution in [2.75, 3.05) is 6.54 Å². The van der Waals surface area contributed by atoms with E-state index in [1.165, 1.54) is 10.6 Å². The van der Waals surface area contributed by atoms with Crippen LogP contribution in [-0.2, 0) is 11.2 Å². The molecule has 3 N–H and O–H groups in total. The lowest BCUT2D eigenvalue weighted by atomic mass is 9.81. The third-order valence-electron chi connectivity index (χ3n) is 6.47. The van der Waals surface area contributed by atoms with Gasteiger partial charge in [0.25, 0.3) is 0 Å². The van der Waals surface area contributed by atoms with Crippen molar-refractivity contribution in [3.8, 4) is 0 Å². The molecule has 3 heterocycles. The van der Waals surface area contributed by atoms with Crippen LogP contribution in [0.2, 0.25) is 5.02 Å². The summed E-state index contributed by atoms with van der Waals surface area (Å²) in [7, 11) is 0. The Morgan fingerprint density at radius 2 is 2.00 bits per heavy atom. The Hall–Kier alpha value is -2.01. The van der Waals surface area contributed by atoms with Gasteiger partial charge in [-0.2, -0.15) is 18.3 Å². The fourth-order valence-corrected chi connectivity index (χ4v) is 4.69. The van der Waals surface area contributed by atoms with Crippen molar-refractivity contribution in [2.45, 2.75) is 56.7 Å². The van der Waals surface area contributed by atoms with Gasteiger partial charge in [-0.25, -0.2) is 18.3 Å². The molecule has 0 radical (unpaired) electrons. The largest absolute Gasteiger partial charge is 0.393 e. The van der Waals surface area contributed by atoms with E-state index in [-0.39, 0.29) is 42.3 Å². The van der Waals surface area contributed by atoms with Crippen LogP contribution in [0, 0.1) is 17.8 Å². The van der Waals surface area contributed by atoms with E-state index in [1.54, 1.807) is 6.20 Å². The van der Waals surface area contributed by atoms with Crippen molar-refractivity contribution in [1.82, 2.24) is 19.9 Å². The molecule has 0 spiro atoms. The van der Waals surface area contributed by atoms with Gasteiger partial charge in [0.05, 0.1) is 34.6 Å². The second-order valence-corrected chi connectivity index (χ2v) is 9.15. The number of halogens is 6. The number of aromatic nitrogens is 3. The smallest absolute Gasteiger partial charge is 0.355 e. The maximum absolute atomic E-state index is 13.4. The van der Waals surface area contributed by atoms with Gasteiger partial charge in [0.2, 0.25) is 11.8 Å². The fraction of sp³-hybridized carbons (Fsp3) is 0.650. The Labute approximate surface area is 185 Å². The number of nitrogens with one attached hydrogen (secondary N) is 1. The highest BCUT2D eigenvalue weighted by Gasteiger charge is 2.45. The van der Waals surface area contributed by atoms with E-state index < -0.39 is 42.4 Å². The van der Waals surface area contributed by atoms with Gasteiger partial charge in [0.15, 0.2) is 5.65 Å². The molecule has 0 aromatic carbocycles. The number of alkyl halides is 5. The van der Waals surface area contributed by atoms with Gasteiger partial charge < -0.3 is 11.1 Å². The lowest BCUT2D eigenvalue weighted by molar-refractivity contribution is -0.183. The number of hydrogen-bond acceptors (Lipinski definition) is 4. The molecule has 6 nitrogen and oxygen atoms in total. The van der Waals surface area contributed by atoms with Crippen molar-refractivity contribution in [3.63, 3.8) is 0 Å². The lowest BCUT2D eigenvalue weighted by Gasteiger charge is -2.31. The molecule has 2 aromatic rings. The molecular formula is C20H23ClF5N5O. The molecule has 2 unspecified atom stereocenters. The van der Waals surface area contributed by atoms with Crippen LogP contribution in [0.4, 0.5) is 22.0 Å². The first kappa shape index (κ1) is 23.2. The van der Waals surface area contributed by atoms with Crippen molar-refractivity contribution >= 4 is 23.2 Å². The molecule has 1 amide bonds. The number of hydrogen-bond donors (Lipinski definition) is 2. The first-order valence-corrected chi connectivity index (χ1v) is 10.8. The summed E-state index contributed by atoms with van der Waals surface area (Å²) in [5.74, 6) is -5.79. The average molecular weight is 480 g/mol. The van der Waals surface area contributed by atoms with Gasteiger partial charge in [-0.05, 0) is 25.2 Å². The molecule has 1 aliphatic carbocycles. The number of imidazole rings is 1. The first-order chi connectivity index (χ1) is 14.9. The van der Waals surface area contributed by atoms with Crippen LogP contribution < -0.4 is 11.1 Å². The minimum atomic E-state index is -4.40. The number of amides is 1. The average Bonchev–Trinajstić information content (AvgIpc) is 3.11. The Morgan fingerprint density at radius 3 is 2.66 bits per heavy atom. The quantitative estimate of drug-likeness (QED) is 0.647. The highest BCUT2D eigenvalue weighted by atomic mass is 35.5. The van der Waals surface area contributed by atoms with E-state index in [0.717, 1.165) is 0 Å². The predicted molar refractivity (Wildman–Crippen MR) is 106 cm³/mol. The molecule has 12 heteroatoms. The van der Waals surface area contributed by atoms with Gasteiger partial charge in [0, 0.05) is 37.8 Å². The zero-order chi connectivity index (χ0) is 23.3. The zero-order valence-electron chi connectivity index (χ0n) is 17.0. The minimum Gasteiger partial charge on any atom is -0.355 e. The molecule has 2 aliphatic rings. The predicted octanol–water partition coefficient (Wildman–Crippen LogP) is 4.07. The molecule has 1 saturated carbocycles. The third kappa shape index (κ3) is 4.83. The monoisotopic (exact) mass is 479 g/mol. The van der Waals surface area contributed by atoms with Crippen molar-refractivity contribution in [1.29, 1.82) is 0 Å². The topological polar surface area (TPSA) is 85.3 Å². The van der Waals surface area contributed by atoms with Crippen LogP contribution in [0.3, 0.4) is 0 Å². The van der Waals surface area contributed by atoms with E-state index in [4.69, 9.17) is 17.3 Å². The molecule has 1 aliphatic heterocycles. The molecule has 32 heavy (non-hydrogen) atoms. The summed E-state index contributed by atoms with van der Waals surface area (Å²) in [6.07, 6.45) is -3.05. The van der Waals surface area contributed by atoms with E-state index >= 15 is 0 Å². The van der Waals surface area contributed by atoms with Crippen LogP contribution in [-0.4, -0.2) is 39.1 Å². The Balaban J connectivity index is 1.52. The summed E-state index contributed by atoms with van der Waals surface area (Å²) < 4.78 is 67.5. The SMILES string of the molecule is NC(c1cn2nc(CC3C[C@H](C(F)(F)F)CNC3=O)c(Cl)cc2n1)C1CCC(F)(F)CC1. The summed E-state index contributed by atoms with van der Waals surface area (Å²) in [4.78, 5) is 16.5. The standard InChI is InChI=1S/C20H23ClF5N5O/c21-13-7-16-29-15(17(27)10-1-3-19(22,23)4-2-10)9-31(16)30-14(13)6-11-5-12(20(24,25)26)8-28-18(11)32/h7,9-12,17H,1-6,8,27H2,(H,28,32)/t11?,12-,17?/m0/s1. The lowest BCUT2D eigenvalue weighted by Crippen LogP contribution is -2.47. The molecule has 176 valence electrons. The summed E-state index contributed by atoms with van der Waals surface area (Å²) >= 11 is 6.28. The molecule has 2 aromatic heterocycles. The van der Waals surface area contributed by atoms with Crippen LogP contribution in [0.1, 0.15) is 49.5 Å². The number of piperidine rings is 1. The Kier molecular flexibility index (Phi) is 6.08. The van der Waals surface area contributed by atoms with Crippen LogP contribution in [0.5, 0.6) is 0 Å². The number of rotatable bonds is 4. The van der Waals surface area contributed by atoms with E-state index in [1.807, 2.05) is 0 Å². The molecule has 0 bridgehead atoms.